The molecule has 0 aliphatic carbocycles. The number of nitrogens with one attached hydrogen (secondary N) is 1. The molecule has 0 saturated carbocycles. The van der Waals surface area contributed by atoms with Crippen molar-refractivity contribution in [2.24, 2.45) is 4.99 Å². The molecule has 0 radical (unpaired) electrons. The Morgan fingerprint density at radius 3 is 2.47 bits per heavy atom. The first-order valence-corrected chi connectivity index (χ1v) is 10.0. The van der Waals surface area contributed by atoms with E-state index in [0.29, 0.717) is 5.69 Å². The molecule has 1 aliphatic rings. The van der Waals surface area contributed by atoms with Crippen LogP contribution in [0.1, 0.15) is 23.6 Å². The van der Waals surface area contributed by atoms with E-state index >= 15 is 0 Å². The van der Waals surface area contributed by atoms with Crippen LogP contribution >= 0.6 is 0 Å². The van der Waals surface area contributed by atoms with Crippen LogP contribution in [0.3, 0.4) is 0 Å². The number of nitrogens with zero attached hydrogens (tertiary/aromatic N) is 2. The van der Waals surface area contributed by atoms with Gasteiger partial charge in [-0.2, -0.15) is 0 Å². The van der Waals surface area contributed by atoms with Crippen LogP contribution in [0.25, 0.3) is 0 Å². The molecule has 0 atom stereocenters. The van der Waals surface area contributed by atoms with Gasteiger partial charge in [0.15, 0.2) is 0 Å². The van der Waals surface area contributed by atoms with E-state index in [1.165, 1.54) is 4.90 Å². The summed E-state index contributed by atoms with van der Waals surface area (Å²) in [5, 5.41) is 2.95. The molecule has 0 fully saturated rings. The number of rotatable bonds is 5. The van der Waals surface area contributed by atoms with Gasteiger partial charge in [0.05, 0.1) is 11.4 Å². The predicted octanol–water partition coefficient (Wildman–Crippen LogP) is 4.07. The van der Waals surface area contributed by atoms with Crippen LogP contribution in [0.4, 0.5) is 11.4 Å². The maximum atomic E-state index is 12.9. The van der Waals surface area contributed by atoms with Crippen molar-refractivity contribution < 1.29 is 9.59 Å². The Labute approximate surface area is 176 Å². The molecular weight excluding hydrogens is 374 g/mol. The Bertz CT molecular complexity index is 1110. The minimum atomic E-state index is -0.234. The normalized spacial score (nSPS) is 13.3. The van der Waals surface area contributed by atoms with Crippen molar-refractivity contribution in [3.05, 3.63) is 95.6 Å². The minimum absolute atomic E-state index is 0.00225. The smallest absolute Gasteiger partial charge is 0.249 e. The van der Waals surface area contributed by atoms with Gasteiger partial charge in [-0.3, -0.25) is 14.6 Å². The van der Waals surface area contributed by atoms with E-state index < -0.39 is 0 Å². The van der Waals surface area contributed by atoms with Crippen molar-refractivity contribution >= 4 is 28.9 Å². The summed E-state index contributed by atoms with van der Waals surface area (Å²) in [6.07, 6.45) is 0.816. The largest absolute Gasteiger partial charge is 0.324 e. The fourth-order valence-corrected chi connectivity index (χ4v) is 3.66. The number of hydrogen-bond acceptors (Lipinski definition) is 3. The van der Waals surface area contributed by atoms with Crippen LogP contribution in [0.2, 0.25) is 0 Å². The van der Waals surface area contributed by atoms with Gasteiger partial charge in [-0.15, -0.1) is 0 Å². The number of hydrogen-bond donors (Lipinski definition) is 1. The number of aryl methyl sites for hydroxylation is 1. The first kappa shape index (κ1) is 19.6. The Hall–Kier alpha value is -3.73. The van der Waals surface area contributed by atoms with Crippen LogP contribution in [0, 0.1) is 0 Å². The molecule has 3 aromatic carbocycles. The van der Waals surface area contributed by atoms with Crippen LogP contribution in [-0.4, -0.2) is 30.6 Å². The minimum Gasteiger partial charge on any atom is -0.324 e. The van der Waals surface area contributed by atoms with Gasteiger partial charge < -0.3 is 10.2 Å². The zero-order valence-electron chi connectivity index (χ0n) is 16.8. The highest BCUT2D eigenvalue weighted by atomic mass is 16.2. The summed E-state index contributed by atoms with van der Waals surface area (Å²) in [7, 11) is 0. The average Bonchev–Trinajstić information content (AvgIpc) is 2.92. The summed E-state index contributed by atoms with van der Waals surface area (Å²) in [6, 6.07) is 25.1. The molecule has 1 heterocycles. The lowest BCUT2D eigenvalue weighted by Gasteiger charge is -2.23. The zero-order valence-corrected chi connectivity index (χ0v) is 16.8. The summed E-state index contributed by atoms with van der Waals surface area (Å²) < 4.78 is 0. The van der Waals surface area contributed by atoms with E-state index in [9.17, 15) is 9.59 Å². The van der Waals surface area contributed by atoms with E-state index in [-0.39, 0.29) is 24.9 Å². The van der Waals surface area contributed by atoms with Crippen LogP contribution < -0.4 is 10.2 Å². The second-order valence-corrected chi connectivity index (χ2v) is 7.09. The molecular formula is C25H23N3O2. The van der Waals surface area contributed by atoms with Crippen LogP contribution in [0.5, 0.6) is 0 Å². The molecule has 150 valence electrons. The SMILES string of the molecule is CCc1ccccc1NC(=O)CN1C(=O)CN=C(c2ccccc2)c2ccccc21. The summed E-state index contributed by atoms with van der Waals surface area (Å²) in [5.41, 5.74) is 5.09. The van der Waals surface area contributed by atoms with E-state index in [4.69, 9.17) is 0 Å². The monoisotopic (exact) mass is 397 g/mol. The molecule has 1 aliphatic heterocycles. The summed E-state index contributed by atoms with van der Waals surface area (Å²) >= 11 is 0. The van der Waals surface area contributed by atoms with Crippen LogP contribution in [-0.2, 0) is 16.0 Å². The van der Waals surface area contributed by atoms with Gasteiger partial charge in [0.1, 0.15) is 13.1 Å². The summed E-state index contributed by atoms with van der Waals surface area (Å²) in [5.74, 6) is -0.436. The molecule has 30 heavy (non-hydrogen) atoms. The predicted molar refractivity (Wildman–Crippen MR) is 120 cm³/mol. The van der Waals surface area contributed by atoms with E-state index in [1.807, 2.05) is 85.8 Å². The zero-order chi connectivity index (χ0) is 20.9. The highest BCUT2D eigenvalue weighted by Gasteiger charge is 2.26. The molecule has 0 spiro atoms. The van der Waals surface area contributed by atoms with Crippen molar-refractivity contribution in [3.63, 3.8) is 0 Å². The van der Waals surface area contributed by atoms with Crippen molar-refractivity contribution in [1.29, 1.82) is 0 Å². The molecule has 5 nitrogen and oxygen atoms in total. The number of fused-ring (bicyclic) bond motifs is 1. The molecule has 2 amide bonds. The lowest BCUT2D eigenvalue weighted by Crippen LogP contribution is -2.39. The number of aliphatic imine (C=N–C) groups is 1. The first-order valence-electron chi connectivity index (χ1n) is 10.0. The third-order valence-electron chi connectivity index (χ3n) is 5.14. The second kappa shape index (κ2) is 8.74. The number of benzene rings is 3. The average molecular weight is 397 g/mol. The molecule has 5 heteroatoms. The quantitative estimate of drug-likeness (QED) is 0.705. The molecule has 0 bridgehead atoms. The number of amides is 2. The maximum Gasteiger partial charge on any atom is 0.249 e. The molecule has 0 saturated heterocycles. The van der Waals surface area contributed by atoms with Crippen molar-refractivity contribution in [1.82, 2.24) is 0 Å². The Morgan fingerprint density at radius 2 is 1.67 bits per heavy atom. The number of anilines is 2. The fourth-order valence-electron chi connectivity index (χ4n) is 3.66. The van der Waals surface area contributed by atoms with Gasteiger partial charge in [-0.1, -0.05) is 73.7 Å². The van der Waals surface area contributed by atoms with E-state index in [1.54, 1.807) is 0 Å². The van der Waals surface area contributed by atoms with Gasteiger partial charge in [-0.25, -0.2) is 0 Å². The maximum absolute atomic E-state index is 12.9. The topological polar surface area (TPSA) is 61.8 Å². The van der Waals surface area contributed by atoms with Crippen molar-refractivity contribution in [2.75, 3.05) is 23.3 Å². The van der Waals surface area contributed by atoms with E-state index in [2.05, 4.69) is 10.3 Å². The van der Waals surface area contributed by atoms with Crippen LogP contribution in [0.15, 0.2) is 83.9 Å². The molecule has 0 unspecified atom stereocenters. The highest BCUT2D eigenvalue weighted by molar-refractivity contribution is 6.20. The number of para-hydroxylation sites is 2. The lowest BCUT2D eigenvalue weighted by atomic mass is 10.0. The fraction of sp³-hybridized carbons (Fsp3) is 0.160. The standard InChI is InChI=1S/C25H23N3O2/c1-2-18-10-6-8-14-21(18)27-23(29)17-28-22-15-9-7-13-20(22)25(26-16-24(28)30)19-11-4-3-5-12-19/h3-15H,2,16-17H2,1H3,(H,27,29). The summed E-state index contributed by atoms with van der Waals surface area (Å²) in [4.78, 5) is 31.8. The molecule has 1 N–H and O–H groups in total. The number of carbonyl (C=O) groups is 2. The third-order valence-corrected chi connectivity index (χ3v) is 5.14. The van der Waals surface area contributed by atoms with Crippen molar-refractivity contribution in [2.45, 2.75) is 13.3 Å². The Kier molecular flexibility index (Phi) is 5.70. The third kappa shape index (κ3) is 4.01. The summed E-state index contributed by atoms with van der Waals surface area (Å²) in [6.45, 7) is 1.98. The van der Waals surface area contributed by atoms with Gasteiger partial charge in [-0.05, 0) is 24.1 Å². The van der Waals surface area contributed by atoms with Crippen molar-refractivity contribution in [3.8, 4) is 0 Å². The number of benzodiazepines with no additional fused rings is 1. The molecule has 4 rings (SSSR count). The Balaban J connectivity index is 1.63. The molecule has 0 aromatic heterocycles. The Morgan fingerprint density at radius 1 is 0.967 bits per heavy atom. The molecule has 3 aromatic rings. The van der Waals surface area contributed by atoms with Gasteiger partial charge >= 0.3 is 0 Å². The van der Waals surface area contributed by atoms with Gasteiger partial charge in [0.2, 0.25) is 11.8 Å². The second-order valence-electron chi connectivity index (χ2n) is 7.09. The number of carbonyl (C=O) groups excluding carboxylic acids is 2. The van der Waals surface area contributed by atoms with E-state index in [0.717, 1.165) is 34.5 Å². The first-order chi connectivity index (χ1) is 14.7. The van der Waals surface area contributed by atoms with Gasteiger partial charge in [0, 0.05) is 16.8 Å². The van der Waals surface area contributed by atoms with Gasteiger partial charge in [0.25, 0.3) is 0 Å². The lowest BCUT2D eigenvalue weighted by molar-refractivity contribution is -0.120. The highest BCUT2D eigenvalue weighted by Crippen LogP contribution is 2.27.